The number of nitrogens with zero attached hydrogens (tertiary/aromatic N) is 4. The Morgan fingerprint density at radius 1 is 1.33 bits per heavy atom. The van der Waals surface area contributed by atoms with Gasteiger partial charge < -0.3 is 14.7 Å². The summed E-state index contributed by atoms with van der Waals surface area (Å²) in [7, 11) is 0. The molecule has 1 saturated carbocycles. The number of fused-ring (bicyclic) bond motifs is 1. The Morgan fingerprint density at radius 3 is 3.00 bits per heavy atom. The van der Waals surface area contributed by atoms with Gasteiger partial charge in [-0.2, -0.15) is 5.10 Å². The van der Waals surface area contributed by atoms with E-state index in [1.54, 1.807) is 11.0 Å². The zero-order chi connectivity index (χ0) is 16.5. The maximum Gasteiger partial charge on any atom is 0.256 e. The van der Waals surface area contributed by atoms with Crippen LogP contribution in [-0.4, -0.2) is 62.6 Å². The number of aliphatic hydroxyl groups excluding tert-OH is 1. The molecule has 1 aliphatic carbocycles. The smallest absolute Gasteiger partial charge is 0.256 e. The summed E-state index contributed by atoms with van der Waals surface area (Å²) in [4.78, 5) is 19.1. The first-order chi connectivity index (χ1) is 11.8. The Morgan fingerprint density at radius 2 is 2.21 bits per heavy atom. The van der Waals surface area contributed by atoms with Crippen molar-refractivity contribution in [1.29, 1.82) is 0 Å². The number of carbonyl (C=O) groups excluding carboxylic acids is 1. The van der Waals surface area contributed by atoms with Crippen LogP contribution in [0.4, 0.5) is 0 Å². The lowest BCUT2D eigenvalue weighted by Gasteiger charge is -2.38. The Kier molecular flexibility index (Phi) is 4.03. The largest absolute Gasteiger partial charge is 0.396 e. The van der Waals surface area contributed by atoms with Crippen molar-refractivity contribution in [2.45, 2.75) is 25.0 Å². The van der Waals surface area contributed by atoms with E-state index in [2.05, 4.69) is 10.1 Å². The van der Waals surface area contributed by atoms with E-state index in [4.69, 9.17) is 4.74 Å². The summed E-state index contributed by atoms with van der Waals surface area (Å²) in [6, 6.07) is 7.46. The second-order valence-electron chi connectivity index (χ2n) is 6.35. The molecule has 1 aromatic heterocycles. The van der Waals surface area contributed by atoms with Crippen LogP contribution in [0.2, 0.25) is 0 Å². The fourth-order valence-electron chi connectivity index (χ4n) is 3.79. The minimum absolute atomic E-state index is 0.0158. The predicted octanol–water partition coefficient (Wildman–Crippen LogP) is 0.879. The Balaban J connectivity index is 1.64. The van der Waals surface area contributed by atoms with Gasteiger partial charge in [-0.1, -0.05) is 12.1 Å². The molecule has 0 bridgehead atoms. The fraction of sp³-hybridized carbons (Fsp3) is 0.471. The third-order valence-corrected chi connectivity index (χ3v) is 4.95. The number of aliphatic hydroxyl groups is 1. The molecule has 2 fully saturated rings. The van der Waals surface area contributed by atoms with Gasteiger partial charge in [0.05, 0.1) is 30.0 Å². The summed E-state index contributed by atoms with van der Waals surface area (Å²) in [6.45, 7) is 1.26. The summed E-state index contributed by atoms with van der Waals surface area (Å²) in [6.07, 6.45) is 4.67. The Labute approximate surface area is 139 Å². The maximum atomic E-state index is 13.2. The van der Waals surface area contributed by atoms with Gasteiger partial charge >= 0.3 is 0 Å². The van der Waals surface area contributed by atoms with E-state index in [1.807, 2.05) is 29.2 Å². The van der Waals surface area contributed by atoms with E-state index in [0.29, 0.717) is 18.7 Å². The van der Waals surface area contributed by atoms with Crippen molar-refractivity contribution < 1.29 is 14.6 Å². The van der Waals surface area contributed by atoms with Crippen LogP contribution >= 0.6 is 0 Å². The van der Waals surface area contributed by atoms with Crippen LogP contribution in [-0.2, 0) is 4.74 Å². The zero-order valence-corrected chi connectivity index (χ0v) is 13.3. The number of aromatic nitrogens is 3. The molecule has 7 heteroatoms. The number of hydrogen-bond donors (Lipinski definition) is 1. The highest BCUT2D eigenvalue weighted by molar-refractivity contribution is 5.98. The predicted molar refractivity (Wildman–Crippen MR) is 85.7 cm³/mol. The Bertz CT molecular complexity index is 718. The molecule has 1 N–H and O–H groups in total. The molecule has 0 radical (unpaired) electrons. The first-order valence-electron chi connectivity index (χ1n) is 8.25. The number of para-hydroxylation sites is 1. The maximum absolute atomic E-state index is 13.2. The average molecular weight is 328 g/mol. The van der Waals surface area contributed by atoms with Crippen molar-refractivity contribution >= 4 is 5.91 Å². The number of morpholine rings is 1. The molecule has 4 rings (SSSR count). The van der Waals surface area contributed by atoms with Gasteiger partial charge in [-0.05, 0) is 30.9 Å². The molecular weight excluding hydrogens is 308 g/mol. The summed E-state index contributed by atoms with van der Waals surface area (Å²) in [5.41, 5.74) is 1.33. The third kappa shape index (κ3) is 2.59. The van der Waals surface area contributed by atoms with Crippen molar-refractivity contribution in [3.8, 4) is 5.69 Å². The third-order valence-electron chi connectivity index (χ3n) is 4.95. The quantitative estimate of drug-likeness (QED) is 0.905. The lowest BCUT2D eigenvalue weighted by atomic mass is 10.1. The van der Waals surface area contributed by atoms with Crippen LogP contribution in [0.1, 0.15) is 23.2 Å². The summed E-state index contributed by atoms with van der Waals surface area (Å²) < 4.78 is 7.43. The van der Waals surface area contributed by atoms with Gasteiger partial charge in [0, 0.05) is 13.2 Å². The summed E-state index contributed by atoms with van der Waals surface area (Å²) in [5.74, 6) is 0.192. The molecule has 3 atom stereocenters. The fourth-order valence-corrected chi connectivity index (χ4v) is 3.79. The van der Waals surface area contributed by atoms with Gasteiger partial charge in [-0.25, -0.2) is 9.67 Å². The highest BCUT2D eigenvalue weighted by atomic mass is 16.5. The number of carbonyl (C=O) groups is 1. The Hall–Kier alpha value is -2.25. The first-order valence-corrected chi connectivity index (χ1v) is 8.25. The minimum atomic E-state index is -0.0158. The molecule has 7 nitrogen and oxygen atoms in total. The van der Waals surface area contributed by atoms with Crippen LogP contribution in [0, 0.1) is 5.92 Å². The summed E-state index contributed by atoms with van der Waals surface area (Å²) in [5, 5.41) is 13.6. The van der Waals surface area contributed by atoms with Gasteiger partial charge in [0.1, 0.15) is 12.7 Å². The van der Waals surface area contributed by atoms with Crippen molar-refractivity contribution in [3.05, 3.63) is 42.5 Å². The van der Waals surface area contributed by atoms with Gasteiger partial charge in [0.15, 0.2) is 0 Å². The van der Waals surface area contributed by atoms with E-state index in [9.17, 15) is 9.90 Å². The lowest BCUT2D eigenvalue weighted by Crippen LogP contribution is -2.51. The van der Waals surface area contributed by atoms with Gasteiger partial charge in [-0.3, -0.25) is 4.79 Å². The number of benzene rings is 1. The monoisotopic (exact) mass is 328 g/mol. The number of ether oxygens (including phenoxy) is 1. The number of hydrogen-bond acceptors (Lipinski definition) is 5. The van der Waals surface area contributed by atoms with Crippen molar-refractivity contribution in [1.82, 2.24) is 19.7 Å². The van der Waals surface area contributed by atoms with Crippen LogP contribution in [0.3, 0.4) is 0 Å². The van der Waals surface area contributed by atoms with Crippen LogP contribution in [0.15, 0.2) is 36.9 Å². The standard InChI is InChI=1S/C17H20N4O3/c22-9-12-7-15-16(8-12)24-6-5-20(15)17(23)13-3-1-2-4-14(13)21-11-18-10-19-21/h1-4,10-12,15-16,22H,5-9H2/t12-,15+,16?/m1/s1. The molecule has 1 aromatic carbocycles. The highest BCUT2D eigenvalue weighted by Crippen LogP contribution is 2.35. The molecule has 2 heterocycles. The molecule has 1 amide bonds. The number of amides is 1. The van der Waals surface area contributed by atoms with Crippen molar-refractivity contribution in [2.24, 2.45) is 5.92 Å². The van der Waals surface area contributed by atoms with Crippen molar-refractivity contribution in [2.75, 3.05) is 19.8 Å². The van der Waals surface area contributed by atoms with Gasteiger partial charge in [-0.15, -0.1) is 0 Å². The van der Waals surface area contributed by atoms with Crippen LogP contribution in [0.5, 0.6) is 0 Å². The topological polar surface area (TPSA) is 80.5 Å². The average Bonchev–Trinajstić information content (AvgIpc) is 3.29. The normalized spacial score (nSPS) is 26.4. The van der Waals surface area contributed by atoms with Crippen molar-refractivity contribution in [3.63, 3.8) is 0 Å². The molecule has 24 heavy (non-hydrogen) atoms. The second kappa shape index (κ2) is 6.33. The van der Waals surface area contributed by atoms with E-state index in [0.717, 1.165) is 18.5 Å². The van der Waals surface area contributed by atoms with Crippen LogP contribution < -0.4 is 0 Å². The van der Waals surface area contributed by atoms with E-state index >= 15 is 0 Å². The second-order valence-corrected chi connectivity index (χ2v) is 6.35. The van der Waals surface area contributed by atoms with Gasteiger partial charge in [0.2, 0.25) is 0 Å². The van der Waals surface area contributed by atoms with E-state index in [1.165, 1.54) is 6.33 Å². The first kappa shape index (κ1) is 15.3. The minimum Gasteiger partial charge on any atom is -0.396 e. The summed E-state index contributed by atoms with van der Waals surface area (Å²) >= 11 is 0. The SMILES string of the molecule is O=C(c1ccccc1-n1cncn1)N1CCOC2C[C@H](CO)C[C@@H]21. The molecular formula is C17H20N4O3. The lowest BCUT2D eigenvalue weighted by molar-refractivity contribution is -0.0448. The molecule has 1 unspecified atom stereocenters. The highest BCUT2D eigenvalue weighted by Gasteiger charge is 2.43. The van der Waals surface area contributed by atoms with Crippen LogP contribution in [0.25, 0.3) is 5.69 Å². The molecule has 1 aliphatic heterocycles. The molecule has 126 valence electrons. The molecule has 0 spiro atoms. The van der Waals surface area contributed by atoms with E-state index in [-0.39, 0.29) is 30.6 Å². The number of rotatable bonds is 3. The van der Waals surface area contributed by atoms with Gasteiger partial charge in [0.25, 0.3) is 5.91 Å². The molecule has 2 aliphatic rings. The molecule has 1 saturated heterocycles. The zero-order valence-electron chi connectivity index (χ0n) is 13.3. The molecule has 2 aromatic rings. The van der Waals surface area contributed by atoms with E-state index < -0.39 is 0 Å².